The van der Waals surface area contributed by atoms with Crippen LogP contribution < -0.4 is 5.32 Å². The lowest BCUT2D eigenvalue weighted by Gasteiger charge is -2.29. The lowest BCUT2D eigenvalue weighted by Crippen LogP contribution is -2.42. The van der Waals surface area contributed by atoms with Gasteiger partial charge in [0.1, 0.15) is 0 Å². The lowest BCUT2D eigenvalue weighted by atomic mass is 9.86. The molecule has 0 aromatic heterocycles. The van der Waals surface area contributed by atoms with Gasteiger partial charge in [0.15, 0.2) is 6.61 Å². The van der Waals surface area contributed by atoms with Crippen LogP contribution in [0.25, 0.3) is 0 Å². The van der Waals surface area contributed by atoms with Gasteiger partial charge in [0, 0.05) is 6.04 Å². The normalized spacial score (nSPS) is 22.7. The summed E-state index contributed by atoms with van der Waals surface area (Å²) in [6.45, 7) is 2.00. The topological polar surface area (TPSA) is 55.4 Å². The van der Waals surface area contributed by atoms with E-state index in [9.17, 15) is 9.59 Å². The minimum atomic E-state index is -0.334. The maximum absolute atomic E-state index is 12.0. The van der Waals surface area contributed by atoms with Crippen LogP contribution in [0.3, 0.4) is 0 Å². The van der Waals surface area contributed by atoms with E-state index in [-0.39, 0.29) is 30.9 Å². The van der Waals surface area contributed by atoms with Gasteiger partial charge in [-0.25, -0.2) is 0 Å². The molecule has 4 heteroatoms. The van der Waals surface area contributed by atoms with Crippen LogP contribution in [-0.2, 0) is 33.6 Å². The number of carbonyl (C=O) groups is 2. The summed E-state index contributed by atoms with van der Waals surface area (Å²) in [4.78, 5) is 24.0. The highest BCUT2D eigenvalue weighted by Gasteiger charge is 2.23. The molecule has 2 aliphatic carbocycles. The van der Waals surface area contributed by atoms with Gasteiger partial charge >= 0.3 is 5.97 Å². The summed E-state index contributed by atoms with van der Waals surface area (Å²) in [6, 6.07) is 6.44. The fourth-order valence-corrected chi connectivity index (χ4v) is 3.88. The molecule has 0 spiro atoms. The minimum Gasteiger partial charge on any atom is -0.455 e. The van der Waals surface area contributed by atoms with E-state index in [1.54, 1.807) is 0 Å². The minimum absolute atomic E-state index is 0.174. The van der Waals surface area contributed by atoms with Crippen molar-refractivity contribution in [1.29, 1.82) is 0 Å². The lowest BCUT2D eigenvalue weighted by molar-refractivity contribution is -0.148. The molecule has 24 heavy (non-hydrogen) atoms. The molecule has 0 radical (unpaired) electrons. The first-order chi connectivity index (χ1) is 11.6. The van der Waals surface area contributed by atoms with Gasteiger partial charge < -0.3 is 10.1 Å². The van der Waals surface area contributed by atoms with Crippen LogP contribution in [0.5, 0.6) is 0 Å². The molecule has 2 atom stereocenters. The Bertz CT molecular complexity index is 611. The van der Waals surface area contributed by atoms with Gasteiger partial charge in [-0.15, -0.1) is 0 Å². The van der Waals surface area contributed by atoms with Gasteiger partial charge in [0.25, 0.3) is 5.91 Å². The van der Waals surface area contributed by atoms with E-state index < -0.39 is 0 Å². The molecule has 1 amide bonds. The van der Waals surface area contributed by atoms with Crippen molar-refractivity contribution < 1.29 is 14.3 Å². The highest BCUT2D eigenvalue weighted by molar-refractivity contribution is 5.81. The van der Waals surface area contributed by atoms with Crippen LogP contribution in [0, 0.1) is 5.92 Å². The number of ether oxygens (including phenoxy) is 1. The Balaban J connectivity index is 1.42. The Morgan fingerprint density at radius 2 is 1.92 bits per heavy atom. The van der Waals surface area contributed by atoms with Crippen LogP contribution >= 0.6 is 0 Å². The molecule has 0 heterocycles. The molecule has 3 rings (SSSR count). The van der Waals surface area contributed by atoms with Crippen LogP contribution in [0.2, 0.25) is 0 Å². The third-order valence-electron chi connectivity index (χ3n) is 5.33. The number of fused-ring (bicyclic) bond motifs is 1. The van der Waals surface area contributed by atoms with Crippen LogP contribution in [0.15, 0.2) is 18.2 Å². The predicted molar refractivity (Wildman–Crippen MR) is 92.7 cm³/mol. The molecule has 4 nitrogen and oxygen atoms in total. The second-order valence-electron chi connectivity index (χ2n) is 7.23. The van der Waals surface area contributed by atoms with Gasteiger partial charge in [-0.1, -0.05) is 38.0 Å². The summed E-state index contributed by atoms with van der Waals surface area (Å²) in [5.74, 6) is -0.0133. The van der Waals surface area contributed by atoms with Crippen molar-refractivity contribution >= 4 is 11.9 Å². The first kappa shape index (κ1) is 17.0. The van der Waals surface area contributed by atoms with Crippen molar-refractivity contribution in [1.82, 2.24) is 5.32 Å². The highest BCUT2D eigenvalue weighted by atomic mass is 16.5. The van der Waals surface area contributed by atoms with E-state index in [0.717, 1.165) is 37.7 Å². The average molecular weight is 329 g/mol. The maximum atomic E-state index is 12.0. The Morgan fingerprint density at radius 1 is 1.12 bits per heavy atom. The predicted octanol–water partition coefficient (Wildman–Crippen LogP) is 2.96. The molecule has 1 aromatic carbocycles. The molecule has 2 aliphatic rings. The number of benzene rings is 1. The molecule has 0 bridgehead atoms. The van der Waals surface area contributed by atoms with Gasteiger partial charge in [0.2, 0.25) is 0 Å². The van der Waals surface area contributed by atoms with Gasteiger partial charge in [-0.2, -0.15) is 0 Å². The Labute approximate surface area is 144 Å². The fraction of sp³-hybridized carbons (Fsp3) is 0.600. The number of aryl methyl sites for hydroxylation is 2. The molecule has 0 aliphatic heterocycles. The average Bonchev–Trinajstić information content (AvgIpc) is 3.03. The van der Waals surface area contributed by atoms with E-state index in [2.05, 4.69) is 24.4 Å². The van der Waals surface area contributed by atoms with Gasteiger partial charge in [-0.05, 0) is 54.7 Å². The van der Waals surface area contributed by atoms with Crippen LogP contribution in [0.1, 0.15) is 55.7 Å². The third-order valence-corrected chi connectivity index (χ3v) is 5.33. The SMILES string of the molecule is C[C@H]1CCCC[C@H]1NC(=O)COC(=O)Cc1ccc2c(c1)CCC2. The summed E-state index contributed by atoms with van der Waals surface area (Å²) in [7, 11) is 0. The summed E-state index contributed by atoms with van der Waals surface area (Å²) in [6.07, 6.45) is 8.25. The Morgan fingerprint density at radius 3 is 2.75 bits per heavy atom. The summed E-state index contributed by atoms with van der Waals surface area (Å²) >= 11 is 0. The highest BCUT2D eigenvalue weighted by Crippen LogP contribution is 2.24. The zero-order valence-corrected chi connectivity index (χ0v) is 14.5. The molecule has 1 saturated carbocycles. The van der Waals surface area contributed by atoms with E-state index in [0.29, 0.717) is 5.92 Å². The quantitative estimate of drug-likeness (QED) is 0.845. The van der Waals surface area contributed by atoms with Crippen molar-refractivity contribution in [2.24, 2.45) is 5.92 Å². The largest absolute Gasteiger partial charge is 0.455 e. The van der Waals surface area contributed by atoms with Gasteiger partial charge in [0.05, 0.1) is 6.42 Å². The van der Waals surface area contributed by atoms with E-state index in [1.165, 1.54) is 24.0 Å². The molecular weight excluding hydrogens is 302 g/mol. The van der Waals surface area contributed by atoms with E-state index in [1.807, 2.05) is 6.07 Å². The first-order valence-electron chi connectivity index (χ1n) is 9.17. The molecule has 1 N–H and O–H groups in total. The number of hydrogen-bond acceptors (Lipinski definition) is 3. The third kappa shape index (κ3) is 4.37. The Hall–Kier alpha value is -1.84. The van der Waals surface area contributed by atoms with Crippen molar-refractivity contribution in [3.05, 3.63) is 34.9 Å². The monoisotopic (exact) mass is 329 g/mol. The molecule has 0 unspecified atom stereocenters. The standard InChI is InChI=1S/C20H27NO3/c1-14-5-2-3-8-18(14)21-19(22)13-24-20(23)12-15-9-10-16-6-4-7-17(16)11-15/h9-11,14,18H,2-8,12-13H2,1H3,(H,21,22)/t14-,18+/m0/s1. The van der Waals surface area contributed by atoms with Gasteiger partial charge in [-0.3, -0.25) is 9.59 Å². The summed E-state index contributed by atoms with van der Waals surface area (Å²) in [5.41, 5.74) is 3.72. The van der Waals surface area contributed by atoms with Crippen LogP contribution in [0.4, 0.5) is 0 Å². The molecule has 1 aromatic rings. The number of amides is 1. The zero-order valence-electron chi connectivity index (χ0n) is 14.5. The molecule has 1 fully saturated rings. The maximum Gasteiger partial charge on any atom is 0.310 e. The van der Waals surface area contributed by atoms with Crippen molar-refractivity contribution in [2.75, 3.05) is 6.61 Å². The Kier molecular flexibility index (Phi) is 5.54. The van der Waals surface area contributed by atoms with E-state index in [4.69, 9.17) is 4.74 Å². The number of carbonyl (C=O) groups excluding carboxylic acids is 2. The zero-order chi connectivity index (χ0) is 16.9. The van der Waals surface area contributed by atoms with Crippen LogP contribution in [-0.4, -0.2) is 24.5 Å². The van der Waals surface area contributed by atoms with Crippen molar-refractivity contribution in [3.8, 4) is 0 Å². The molecule has 130 valence electrons. The van der Waals surface area contributed by atoms with Crippen molar-refractivity contribution in [3.63, 3.8) is 0 Å². The fourth-order valence-electron chi connectivity index (χ4n) is 3.88. The second-order valence-corrected chi connectivity index (χ2v) is 7.23. The summed E-state index contributed by atoms with van der Waals surface area (Å²) < 4.78 is 5.15. The van der Waals surface area contributed by atoms with E-state index >= 15 is 0 Å². The molecule has 0 saturated heterocycles. The van der Waals surface area contributed by atoms with Crippen molar-refractivity contribution in [2.45, 2.75) is 64.3 Å². The number of esters is 1. The number of rotatable bonds is 5. The first-order valence-corrected chi connectivity index (χ1v) is 9.17. The number of hydrogen-bond donors (Lipinski definition) is 1. The second kappa shape index (κ2) is 7.82. The summed E-state index contributed by atoms with van der Waals surface area (Å²) in [5, 5.41) is 3.01. The molecular formula is C20H27NO3. The smallest absolute Gasteiger partial charge is 0.310 e. The number of nitrogens with one attached hydrogen (secondary N) is 1.